The van der Waals surface area contributed by atoms with E-state index < -0.39 is 11.6 Å². The lowest BCUT2D eigenvalue weighted by Crippen LogP contribution is -2.21. The zero-order chi connectivity index (χ0) is 12.1. The lowest BCUT2D eigenvalue weighted by atomic mass is 10.2. The topological polar surface area (TPSA) is 27.0 Å². The fraction of sp³-hybridized carbons (Fsp3) is 0.417. The summed E-state index contributed by atoms with van der Waals surface area (Å²) in [5, 5.41) is 8.56. The van der Waals surface area contributed by atoms with Crippen LogP contribution in [-0.4, -0.2) is 13.6 Å². The van der Waals surface area contributed by atoms with Crippen molar-refractivity contribution in [2.75, 3.05) is 18.5 Å². The molecule has 2 nitrogen and oxygen atoms in total. The molecular formula is C12H14F2N2. The van der Waals surface area contributed by atoms with Crippen LogP contribution in [0, 0.1) is 23.0 Å². The van der Waals surface area contributed by atoms with Gasteiger partial charge in [-0.05, 0) is 18.6 Å². The minimum Gasteiger partial charge on any atom is -0.370 e. The first kappa shape index (κ1) is 12.4. The molecule has 0 atom stereocenters. The monoisotopic (exact) mass is 224 g/mol. The van der Waals surface area contributed by atoms with E-state index in [1.165, 1.54) is 4.90 Å². The molecule has 0 fully saturated rings. The number of hydrogen-bond acceptors (Lipinski definition) is 2. The number of rotatable bonds is 4. The molecule has 0 spiro atoms. The van der Waals surface area contributed by atoms with E-state index in [1.807, 2.05) is 6.92 Å². The first-order valence-electron chi connectivity index (χ1n) is 5.20. The zero-order valence-corrected chi connectivity index (χ0v) is 9.43. The van der Waals surface area contributed by atoms with Gasteiger partial charge in [0.15, 0.2) is 11.6 Å². The first-order valence-corrected chi connectivity index (χ1v) is 5.20. The van der Waals surface area contributed by atoms with E-state index in [4.69, 9.17) is 5.26 Å². The average molecular weight is 224 g/mol. The molecule has 0 unspecified atom stereocenters. The van der Waals surface area contributed by atoms with E-state index in [9.17, 15) is 8.78 Å². The molecule has 0 saturated heterocycles. The Balaban J connectivity index is 3.01. The fourth-order valence-corrected chi connectivity index (χ4v) is 1.50. The highest BCUT2D eigenvalue weighted by molar-refractivity contribution is 5.52. The zero-order valence-electron chi connectivity index (χ0n) is 9.43. The van der Waals surface area contributed by atoms with Crippen LogP contribution in [0.3, 0.4) is 0 Å². The van der Waals surface area contributed by atoms with Crippen LogP contribution >= 0.6 is 0 Å². The Morgan fingerprint density at radius 1 is 1.31 bits per heavy atom. The Bertz CT molecular complexity index is 387. The van der Waals surface area contributed by atoms with Crippen molar-refractivity contribution in [3.63, 3.8) is 0 Å². The van der Waals surface area contributed by atoms with Crippen molar-refractivity contribution in [1.29, 1.82) is 5.26 Å². The summed E-state index contributed by atoms with van der Waals surface area (Å²) in [5.74, 6) is -1.37. The lowest BCUT2D eigenvalue weighted by Gasteiger charge is -2.20. The van der Waals surface area contributed by atoms with Crippen LogP contribution in [0.15, 0.2) is 12.1 Å². The van der Waals surface area contributed by atoms with Crippen LogP contribution in [0.4, 0.5) is 14.5 Å². The minimum absolute atomic E-state index is 0.00245. The van der Waals surface area contributed by atoms with Gasteiger partial charge in [0.1, 0.15) is 5.69 Å². The van der Waals surface area contributed by atoms with E-state index in [0.29, 0.717) is 6.54 Å². The van der Waals surface area contributed by atoms with Crippen molar-refractivity contribution in [1.82, 2.24) is 0 Å². The predicted molar refractivity (Wildman–Crippen MR) is 59.3 cm³/mol. The number of anilines is 1. The maximum atomic E-state index is 13.5. The van der Waals surface area contributed by atoms with Gasteiger partial charge in [-0.15, -0.1) is 0 Å². The summed E-state index contributed by atoms with van der Waals surface area (Å²) in [6.45, 7) is 2.61. The molecule has 0 heterocycles. The molecule has 0 amide bonds. The van der Waals surface area contributed by atoms with E-state index in [1.54, 1.807) is 13.1 Å². The molecule has 0 bridgehead atoms. The van der Waals surface area contributed by atoms with Crippen molar-refractivity contribution >= 4 is 5.69 Å². The Morgan fingerprint density at radius 3 is 2.31 bits per heavy atom. The fourth-order valence-electron chi connectivity index (χ4n) is 1.50. The molecule has 86 valence electrons. The molecule has 1 aromatic rings. The van der Waals surface area contributed by atoms with Crippen LogP contribution in [0.1, 0.15) is 25.3 Å². The smallest absolute Gasteiger partial charge is 0.150 e. The maximum Gasteiger partial charge on any atom is 0.150 e. The molecule has 0 radical (unpaired) electrons. The van der Waals surface area contributed by atoms with E-state index in [-0.39, 0.29) is 11.3 Å². The molecule has 0 aliphatic carbocycles. The molecule has 1 rings (SSSR count). The SMILES string of the molecule is CCCCN(C)c1c(F)cc(C#N)cc1F. The van der Waals surface area contributed by atoms with Gasteiger partial charge in [-0.25, -0.2) is 8.78 Å². The summed E-state index contributed by atoms with van der Waals surface area (Å²) in [6, 6.07) is 3.83. The second-order valence-electron chi connectivity index (χ2n) is 3.68. The predicted octanol–water partition coefficient (Wildman–Crippen LogP) is 3.07. The Morgan fingerprint density at radius 2 is 1.88 bits per heavy atom. The lowest BCUT2D eigenvalue weighted by molar-refractivity contribution is 0.573. The third kappa shape index (κ3) is 2.69. The van der Waals surface area contributed by atoms with Crippen LogP contribution in [0.25, 0.3) is 0 Å². The van der Waals surface area contributed by atoms with Crippen LogP contribution in [-0.2, 0) is 0 Å². The average Bonchev–Trinajstić information content (AvgIpc) is 2.25. The van der Waals surface area contributed by atoms with E-state index >= 15 is 0 Å². The molecule has 0 aliphatic rings. The molecule has 1 aromatic carbocycles. The van der Waals surface area contributed by atoms with Gasteiger partial charge in [-0.3, -0.25) is 0 Å². The Hall–Kier alpha value is -1.63. The first-order chi connectivity index (χ1) is 7.60. The number of benzene rings is 1. The third-order valence-electron chi connectivity index (χ3n) is 2.37. The summed E-state index contributed by atoms with van der Waals surface area (Å²) >= 11 is 0. The quantitative estimate of drug-likeness (QED) is 0.785. The highest BCUT2D eigenvalue weighted by atomic mass is 19.1. The minimum atomic E-state index is -0.685. The summed E-state index contributed by atoms with van der Waals surface area (Å²) in [4.78, 5) is 1.54. The van der Waals surface area contributed by atoms with Crippen molar-refractivity contribution in [3.8, 4) is 6.07 Å². The van der Waals surface area contributed by atoms with Gasteiger partial charge < -0.3 is 4.90 Å². The standard InChI is InChI=1S/C12H14F2N2/c1-3-4-5-16(2)12-10(13)6-9(8-15)7-11(12)14/h6-7H,3-5H2,1-2H3. The van der Waals surface area contributed by atoms with Crippen molar-refractivity contribution in [2.45, 2.75) is 19.8 Å². The second-order valence-corrected chi connectivity index (χ2v) is 3.68. The van der Waals surface area contributed by atoms with Gasteiger partial charge in [0.2, 0.25) is 0 Å². The summed E-state index contributed by atoms with van der Waals surface area (Å²) in [5.41, 5.74) is -0.0601. The van der Waals surface area contributed by atoms with Gasteiger partial charge in [0.25, 0.3) is 0 Å². The van der Waals surface area contributed by atoms with Gasteiger partial charge in [0, 0.05) is 13.6 Å². The third-order valence-corrected chi connectivity index (χ3v) is 2.37. The molecule has 0 aliphatic heterocycles. The largest absolute Gasteiger partial charge is 0.370 e. The summed E-state index contributed by atoms with van der Waals surface area (Å²) in [7, 11) is 1.64. The molecule has 0 N–H and O–H groups in total. The van der Waals surface area contributed by atoms with Gasteiger partial charge in [0.05, 0.1) is 11.6 Å². The van der Waals surface area contributed by atoms with E-state index in [2.05, 4.69) is 0 Å². The number of hydrogen-bond donors (Lipinski definition) is 0. The Kier molecular flexibility index (Phi) is 4.24. The van der Waals surface area contributed by atoms with E-state index in [0.717, 1.165) is 25.0 Å². The normalized spacial score (nSPS) is 9.94. The highest BCUT2D eigenvalue weighted by Crippen LogP contribution is 2.24. The maximum absolute atomic E-state index is 13.5. The van der Waals surface area contributed by atoms with Crippen LogP contribution < -0.4 is 4.90 Å². The number of nitrogens with zero attached hydrogens (tertiary/aromatic N) is 2. The number of halogens is 2. The van der Waals surface area contributed by atoms with Crippen molar-refractivity contribution in [3.05, 3.63) is 29.3 Å². The molecule has 0 aromatic heterocycles. The van der Waals surface area contributed by atoms with Crippen LogP contribution in [0.5, 0.6) is 0 Å². The van der Waals surface area contributed by atoms with Crippen molar-refractivity contribution in [2.24, 2.45) is 0 Å². The summed E-state index contributed by atoms with van der Waals surface area (Å²) < 4.78 is 27.1. The number of nitriles is 1. The highest BCUT2D eigenvalue weighted by Gasteiger charge is 2.14. The molecule has 16 heavy (non-hydrogen) atoms. The second kappa shape index (κ2) is 5.45. The van der Waals surface area contributed by atoms with Gasteiger partial charge >= 0.3 is 0 Å². The van der Waals surface area contributed by atoms with Crippen LogP contribution in [0.2, 0.25) is 0 Å². The number of unbranched alkanes of at least 4 members (excludes halogenated alkanes) is 1. The van der Waals surface area contributed by atoms with Gasteiger partial charge in [-0.1, -0.05) is 13.3 Å². The summed E-state index contributed by atoms with van der Waals surface area (Å²) in [6.07, 6.45) is 1.83. The Labute approximate surface area is 94.1 Å². The molecule has 0 saturated carbocycles. The van der Waals surface area contributed by atoms with Gasteiger partial charge in [-0.2, -0.15) is 5.26 Å². The molecule has 4 heteroatoms. The molecular weight excluding hydrogens is 210 g/mol. The van der Waals surface area contributed by atoms with Crippen molar-refractivity contribution < 1.29 is 8.78 Å².